The van der Waals surface area contributed by atoms with Gasteiger partial charge in [-0.05, 0) is 37.4 Å². The molecule has 2 aromatic heterocycles. The number of aromatic nitrogens is 4. The average molecular weight is 337 g/mol. The number of hydrogen-bond donors (Lipinski definition) is 0. The molecule has 25 heavy (non-hydrogen) atoms. The molecule has 0 bridgehead atoms. The standard InChI is InChI=1S/C19H23N5O/c1-15-6-5-9-23(12-15)10-11-24-13-17(21-22-24)18-14-25-19(20-18)16-7-3-2-4-8-16/h2-4,7-8,13-15H,5-6,9-12H2,1H3/t15-/m1/s1. The minimum absolute atomic E-state index is 0.604. The van der Waals surface area contributed by atoms with Gasteiger partial charge < -0.3 is 9.32 Å². The molecule has 6 nitrogen and oxygen atoms in total. The Kier molecular flexibility index (Phi) is 4.61. The van der Waals surface area contributed by atoms with Crippen LogP contribution in [0.3, 0.4) is 0 Å². The fourth-order valence-corrected chi connectivity index (χ4v) is 3.36. The second kappa shape index (κ2) is 7.19. The molecule has 1 aliphatic rings. The summed E-state index contributed by atoms with van der Waals surface area (Å²) in [5.41, 5.74) is 2.43. The molecule has 3 aromatic rings. The van der Waals surface area contributed by atoms with E-state index in [1.54, 1.807) is 6.26 Å². The Morgan fingerprint density at radius 3 is 2.88 bits per heavy atom. The third kappa shape index (κ3) is 3.79. The first-order chi connectivity index (χ1) is 12.3. The summed E-state index contributed by atoms with van der Waals surface area (Å²) in [6.45, 7) is 6.57. The summed E-state index contributed by atoms with van der Waals surface area (Å²) in [6.07, 6.45) is 6.23. The van der Waals surface area contributed by atoms with Gasteiger partial charge in [0, 0.05) is 18.7 Å². The maximum absolute atomic E-state index is 5.58. The van der Waals surface area contributed by atoms with Crippen LogP contribution in [0, 0.1) is 5.92 Å². The van der Waals surface area contributed by atoms with E-state index in [4.69, 9.17) is 4.42 Å². The molecular formula is C19H23N5O. The molecule has 3 heterocycles. The number of nitrogens with zero attached hydrogens (tertiary/aromatic N) is 5. The van der Waals surface area contributed by atoms with Crippen LogP contribution in [0.2, 0.25) is 0 Å². The quantitative estimate of drug-likeness (QED) is 0.715. The smallest absolute Gasteiger partial charge is 0.226 e. The Morgan fingerprint density at radius 1 is 1.16 bits per heavy atom. The van der Waals surface area contributed by atoms with E-state index >= 15 is 0 Å². The molecule has 1 aromatic carbocycles. The van der Waals surface area contributed by atoms with E-state index in [2.05, 4.69) is 27.1 Å². The van der Waals surface area contributed by atoms with Crippen LogP contribution in [0.25, 0.3) is 22.8 Å². The molecule has 0 spiro atoms. The summed E-state index contributed by atoms with van der Waals surface area (Å²) >= 11 is 0. The summed E-state index contributed by atoms with van der Waals surface area (Å²) in [6, 6.07) is 9.87. The lowest BCUT2D eigenvalue weighted by atomic mass is 10.0. The highest BCUT2D eigenvalue weighted by Crippen LogP contribution is 2.23. The van der Waals surface area contributed by atoms with Crippen molar-refractivity contribution in [1.29, 1.82) is 0 Å². The zero-order valence-corrected chi connectivity index (χ0v) is 14.5. The van der Waals surface area contributed by atoms with Crippen LogP contribution in [-0.2, 0) is 6.54 Å². The lowest BCUT2D eigenvalue weighted by Gasteiger charge is -2.30. The molecule has 1 aliphatic heterocycles. The van der Waals surface area contributed by atoms with Gasteiger partial charge in [0.2, 0.25) is 5.89 Å². The summed E-state index contributed by atoms with van der Waals surface area (Å²) in [5.74, 6) is 1.40. The van der Waals surface area contributed by atoms with Crippen molar-refractivity contribution in [2.45, 2.75) is 26.3 Å². The van der Waals surface area contributed by atoms with E-state index in [1.807, 2.05) is 41.2 Å². The SMILES string of the molecule is C[C@@H]1CCCN(CCn2cc(-c3coc(-c4ccccc4)n3)nn2)C1. The first-order valence-corrected chi connectivity index (χ1v) is 8.92. The van der Waals surface area contributed by atoms with Crippen molar-refractivity contribution in [1.82, 2.24) is 24.9 Å². The average Bonchev–Trinajstić information content (AvgIpc) is 3.30. The van der Waals surface area contributed by atoms with Crippen molar-refractivity contribution in [3.63, 3.8) is 0 Å². The molecule has 4 rings (SSSR count). The Bertz CT molecular complexity index is 810. The Morgan fingerprint density at radius 2 is 2.04 bits per heavy atom. The first-order valence-electron chi connectivity index (χ1n) is 8.92. The number of likely N-dealkylation sites (tertiary alicyclic amines) is 1. The maximum atomic E-state index is 5.58. The summed E-state index contributed by atoms with van der Waals surface area (Å²) in [5, 5.41) is 8.48. The predicted molar refractivity (Wildman–Crippen MR) is 95.8 cm³/mol. The molecule has 1 fully saturated rings. The zero-order chi connectivity index (χ0) is 17.1. The molecular weight excluding hydrogens is 314 g/mol. The molecule has 0 radical (unpaired) electrons. The summed E-state index contributed by atoms with van der Waals surface area (Å²) < 4.78 is 7.48. The minimum atomic E-state index is 0.604. The molecule has 0 unspecified atom stereocenters. The van der Waals surface area contributed by atoms with Gasteiger partial charge in [0.05, 0.1) is 12.7 Å². The Labute approximate surface area is 147 Å². The number of benzene rings is 1. The second-order valence-electron chi connectivity index (χ2n) is 6.82. The molecule has 1 atom stereocenters. The van der Waals surface area contributed by atoms with Gasteiger partial charge in [-0.15, -0.1) is 5.10 Å². The van der Waals surface area contributed by atoms with E-state index in [1.165, 1.54) is 25.9 Å². The van der Waals surface area contributed by atoms with Crippen LogP contribution in [0.5, 0.6) is 0 Å². The monoisotopic (exact) mass is 337 g/mol. The molecule has 130 valence electrons. The zero-order valence-electron chi connectivity index (χ0n) is 14.5. The van der Waals surface area contributed by atoms with Crippen LogP contribution in [-0.4, -0.2) is 44.5 Å². The van der Waals surface area contributed by atoms with Crippen LogP contribution in [0.4, 0.5) is 0 Å². The molecule has 0 aliphatic carbocycles. The highest BCUT2D eigenvalue weighted by Gasteiger charge is 2.16. The second-order valence-corrected chi connectivity index (χ2v) is 6.82. The highest BCUT2D eigenvalue weighted by atomic mass is 16.3. The van der Waals surface area contributed by atoms with Gasteiger partial charge in [0.25, 0.3) is 0 Å². The van der Waals surface area contributed by atoms with E-state index in [9.17, 15) is 0 Å². The van der Waals surface area contributed by atoms with E-state index in [-0.39, 0.29) is 0 Å². The summed E-state index contributed by atoms with van der Waals surface area (Å²) in [4.78, 5) is 7.04. The Hall–Kier alpha value is -2.47. The third-order valence-electron chi connectivity index (χ3n) is 4.71. The van der Waals surface area contributed by atoms with Gasteiger partial charge in [0.1, 0.15) is 17.7 Å². The van der Waals surface area contributed by atoms with Gasteiger partial charge in [0.15, 0.2) is 0 Å². The topological polar surface area (TPSA) is 60.0 Å². The fourth-order valence-electron chi connectivity index (χ4n) is 3.36. The molecule has 1 saturated heterocycles. The maximum Gasteiger partial charge on any atom is 0.226 e. The van der Waals surface area contributed by atoms with Gasteiger partial charge in [-0.1, -0.05) is 30.3 Å². The van der Waals surface area contributed by atoms with Crippen LogP contribution < -0.4 is 0 Å². The van der Waals surface area contributed by atoms with Gasteiger partial charge in [-0.2, -0.15) is 0 Å². The van der Waals surface area contributed by atoms with Crippen LogP contribution >= 0.6 is 0 Å². The molecule has 0 N–H and O–H groups in total. The molecule has 6 heteroatoms. The predicted octanol–water partition coefficient (Wildman–Crippen LogP) is 3.33. The minimum Gasteiger partial charge on any atom is -0.444 e. The van der Waals surface area contributed by atoms with Gasteiger partial charge in [-0.3, -0.25) is 4.68 Å². The summed E-state index contributed by atoms with van der Waals surface area (Å²) in [7, 11) is 0. The van der Waals surface area contributed by atoms with E-state index in [0.717, 1.165) is 36.0 Å². The number of rotatable bonds is 5. The van der Waals surface area contributed by atoms with Crippen molar-refractivity contribution < 1.29 is 4.42 Å². The fraction of sp³-hybridized carbons (Fsp3) is 0.421. The number of piperidine rings is 1. The van der Waals surface area contributed by atoms with E-state index < -0.39 is 0 Å². The van der Waals surface area contributed by atoms with Crippen LogP contribution in [0.1, 0.15) is 19.8 Å². The van der Waals surface area contributed by atoms with Crippen molar-refractivity contribution >= 4 is 0 Å². The number of oxazole rings is 1. The van der Waals surface area contributed by atoms with Crippen molar-refractivity contribution in [3.05, 3.63) is 42.8 Å². The normalized spacial score (nSPS) is 18.5. The third-order valence-corrected chi connectivity index (χ3v) is 4.71. The largest absolute Gasteiger partial charge is 0.444 e. The van der Waals surface area contributed by atoms with Crippen molar-refractivity contribution in [2.75, 3.05) is 19.6 Å². The number of hydrogen-bond acceptors (Lipinski definition) is 5. The van der Waals surface area contributed by atoms with Gasteiger partial charge >= 0.3 is 0 Å². The van der Waals surface area contributed by atoms with Gasteiger partial charge in [-0.25, -0.2) is 4.98 Å². The lowest BCUT2D eigenvalue weighted by Crippen LogP contribution is -2.36. The molecule has 0 saturated carbocycles. The van der Waals surface area contributed by atoms with Crippen LogP contribution in [0.15, 0.2) is 47.2 Å². The lowest BCUT2D eigenvalue weighted by molar-refractivity contribution is 0.176. The van der Waals surface area contributed by atoms with Crippen molar-refractivity contribution in [2.24, 2.45) is 5.92 Å². The highest BCUT2D eigenvalue weighted by molar-refractivity contribution is 5.59. The Balaban J connectivity index is 1.40. The first kappa shape index (κ1) is 16.0. The molecule has 0 amide bonds. The van der Waals surface area contributed by atoms with Crippen molar-refractivity contribution in [3.8, 4) is 22.8 Å². The van der Waals surface area contributed by atoms with E-state index in [0.29, 0.717) is 5.89 Å².